The van der Waals surface area contributed by atoms with Crippen LogP contribution in [0, 0.1) is 5.82 Å². The van der Waals surface area contributed by atoms with E-state index in [2.05, 4.69) is 27.7 Å². The number of halogens is 1. The van der Waals surface area contributed by atoms with Crippen molar-refractivity contribution in [3.05, 3.63) is 35.4 Å². The Bertz CT molecular complexity index is 557. The summed E-state index contributed by atoms with van der Waals surface area (Å²) in [6.07, 6.45) is 1.04. The van der Waals surface area contributed by atoms with Crippen molar-refractivity contribution in [2.45, 2.75) is 26.5 Å². The van der Waals surface area contributed by atoms with E-state index in [-0.39, 0.29) is 12.4 Å². The lowest BCUT2D eigenvalue weighted by molar-refractivity contribution is 0.293. The quantitative estimate of drug-likeness (QED) is 0.777. The third-order valence-corrected chi connectivity index (χ3v) is 2.60. The van der Waals surface area contributed by atoms with E-state index in [0.29, 0.717) is 18.1 Å². The molecule has 0 amide bonds. The van der Waals surface area contributed by atoms with Crippen molar-refractivity contribution < 1.29 is 9.13 Å². The molecule has 0 saturated heterocycles. The van der Waals surface area contributed by atoms with Gasteiger partial charge in [-0.1, -0.05) is 6.92 Å². The number of benzene rings is 1. The fourth-order valence-electron chi connectivity index (χ4n) is 1.74. The molecular weight excluding hydrogens is 261 g/mol. The number of hydrogen-bond acceptors (Lipinski definition) is 5. The molecule has 2 rings (SSSR count). The maximum absolute atomic E-state index is 13.5. The number of aromatic nitrogens is 4. The van der Waals surface area contributed by atoms with Gasteiger partial charge in [0.05, 0.1) is 7.05 Å². The SMILES string of the molecule is CCCNCc1cc(F)cc(OCc2nnn(C)n2)c1. The maximum atomic E-state index is 13.5. The smallest absolute Gasteiger partial charge is 0.212 e. The number of nitrogens with one attached hydrogen (secondary N) is 1. The van der Waals surface area contributed by atoms with Crippen LogP contribution in [0.5, 0.6) is 5.75 Å². The summed E-state index contributed by atoms with van der Waals surface area (Å²) in [6.45, 7) is 3.77. The van der Waals surface area contributed by atoms with Gasteiger partial charge in [0.2, 0.25) is 5.82 Å². The minimum absolute atomic E-state index is 0.166. The second kappa shape index (κ2) is 6.95. The molecule has 0 radical (unpaired) electrons. The zero-order valence-corrected chi connectivity index (χ0v) is 11.6. The number of aryl methyl sites for hydroxylation is 1. The molecule has 0 aliphatic carbocycles. The Kier molecular flexibility index (Phi) is 5.00. The Morgan fingerprint density at radius 3 is 2.90 bits per heavy atom. The van der Waals surface area contributed by atoms with Gasteiger partial charge in [0.1, 0.15) is 11.6 Å². The predicted molar refractivity (Wildman–Crippen MR) is 71.5 cm³/mol. The van der Waals surface area contributed by atoms with Gasteiger partial charge in [-0.2, -0.15) is 4.80 Å². The molecule has 0 saturated carbocycles. The Morgan fingerprint density at radius 2 is 2.20 bits per heavy atom. The van der Waals surface area contributed by atoms with Crippen LogP contribution in [0.3, 0.4) is 0 Å². The molecule has 2 aromatic rings. The summed E-state index contributed by atoms with van der Waals surface area (Å²) in [7, 11) is 1.68. The molecule has 20 heavy (non-hydrogen) atoms. The number of hydrogen-bond donors (Lipinski definition) is 1. The van der Waals surface area contributed by atoms with Crippen LogP contribution in [0.1, 0.15) is 24.7 Å². The largest absolute Gasteiger partial charge is 0.485 e. The Hall–Kier alpha value is -2.02. The highest BCUT2D eigenvalue weighted by Gasteiger charge is 2.05. The molecule has 6 nitrogen and oxygen atoms in total. The average Bonchev–Trinajstić information content (AvgIpc) is 2.82. The molecule has 0 fully saturated rings. The summed E-state index contributed by atoms with van der Waals surface area (Å²) in [5.74, 6) is 0.607. The van der Waals surface area contributed by atoms with E-state index in [1.165, 1.54) is 16.9 Å². The van der Waals surface area contributed by atoms with E-state index in [4.69, 9.17) is 4.74 Å². The second-order valence-electron chi connectivity index (χ2n) is 4.46. The standard InChI is InChI=1S/C13H18FN5O/c1-3-4-15-8-10-5-11(14)7-12(6-10)20-9-13-16-18-19(2)17-13/h5-7,15H,3-4,8-9H2,1-2H3. The molecule has 0 spiro atoms. The van der Waals surface area contributed by atoms with E-state index >= 15 is 0 Å². The van der Waals surface area contributed by atoms with Crippen molar-refractivity contribution in [3.8, 4) is 5.75 Å². The minimum atomic E-state index is -0.317. The van der Waals surface area contributed by atoms with E-state index in [9.17, 15) is 4.39 Å². The van der Waals surface area contributed by atoms with Gasteiger partial charge >= 0.3 is 0 Å². The molecule has 0 bridgehead atoms. The summed E-state index contributed by atoms with van der Waals surface area (Å²) >= 11 is 0. The fraction of sp³-hybridized carbons (Fsp3) is 0.462. The molecule has 1 aromatic carbocycles. The lowest BCUT2D eigenvalue weighted by atomic mass is 10.2. The third kappa shape index (κ3) is 4.27. The highest BCUT2D eigenvalue weighted by atomic mass is 19.1. The third-order valence-electron chi connectivity index (χ3n) is 2.60. The van der Waals surface area contributed by atoms with Gasteiger partial charge < -0.3 is 10.1 Å². The van der Waals surface area contributed by atoms with Gasteiger partial charge in [0.25, 0.3) is 0 Å². The molecule has 108 valence electrons. The lowest BCUT2D eigenvalue weighted by Crippen LogP contribution is -2.14. The monoisotopic (exact) mass is 279 g/mol. The first-order valence-electron chi connectivity index (χ1n) is 6.53. The summed E-state index contributed by atoms with van der Waals surface area (Å²) in [4.78, 5) is 1.35. The van der Waals surface area contributed by atoms with Crippen LogP contribution < -0.4 is 10.1 Å². The van der Waals surface area contributed by atoms with E-state index < -0.39 is 0 Å². The maximum Gasteiger partial charge on any atom is 0.212 e. The number of rotatable bonds is 7. The highest BCUT2D eigenvalue weighted by Crippen LogP contribution is 2.17. The van der Waals surface area contributed by atoms with Crippen LogP contribution >= 0.6 is 0 Å². The normalized spacial score (nSPS) is 10.8. The van der Waals surface area contributed by atoms with Gasteiger partial charge in [-0.15, -0.1) is 10.2 Å². The van der Waals surface area contributed by atoms with Crippen molar-refractivity contribution >= 4 is 0 Å². The van der Waals surface area contributed by atoms with Gasteiger partial charge in [-0.3, -0.25) is 0 Å². The molecule has 1 aromatic heterocycles. The van der Waals surface area contributed by atoms with Crippen molar-refractivity contribution in [2.75, 3.05) is 6.54 Å². The Morgan fingerprint density at radius 1 is 1.35 bits per heavy atom. The van der Waals surface area contributed by atoms with Crippen molar-refractivity contribution in [1.82, 2.24) is 25.5 Å². The number of nitrogens with zero attached hydrogens (tertiary/aromatic N) is 4. The van der Waals surface area contributed by atoms with Crippen LogP contribution in [0.25, 0.3) is 0 Å². The highest BCUT2D eigenvalue weighted by molar-refractivity contribution is 5.29. The van der Waals surface area contributed by atoms with Gasteiger partial charge in [-0.25, -0.2) is 4.39 Å². The van der Waals surface area contributed by atoms with Gasteiger partial charge in [-0.05, 0) is 35.9 Å². The molecule has 1 N–H and O–H groups in total. The summed E-state index contributed by atoms with van der Waals surface area (Å²) in [5, 5.41) is 14.7. The first-order valence-corrected chi connectivity index (χ1v) is 6.53. The molecular formula is C13H18FN5O. The lowest BCUT2D eigenvalue weighted by Gasteiger charge is -2.08. The van der Waals surface area contributed by atoms with E-state index in [1.807, 2.05) is 6.07 Å². The fourth-order valence-corrected chi connectivity index (χ4v) is 1.74. The molecule has 0 aliphatic heterocycles. The predicted octanol–water partition coefficient (Wildman–Crippen LogP) is 1.43. The van der Waals surface area contributed by atoms with Gasteiger partial charge in [0, 0.05) is 12.6 Å². The van der Waals surface area contributed by atoms with Crippen LogP contribution in [0.4, 0.5) is 4.39 Å². The first-order chi connectivity index (χ1) is 9.67. The Labute approximate surface area is 116 Å². The minimum Gasteiger partial charge on any atom is -0.485 e. The topological polar surface area (TPSA) is 64.9 Å². The molecule has 0 atom stereocenters. The molecule has 1 heterocycles. The molecule has 0 aliphatic rings. The van der Waals surface area contributed by atoms with Gasteiger partial charge in [0.15, 0.2) is 6.61 Å². The summed E-state index contributed by atoms with van der Waals surface area (Å²) in [5.41, 5.74) is 0.848. The zero-order valence-electron chi connectivity index (χ0n) is 11.6. The molecule has 7 heteroatoms. The zero-order chi connectivity index (χ0) is 14.4. The summed E-state index contributed by atoms with van der Waals surface area (Å²) < 4.78 is 19.0. The molecule has 0 unspecified atom stereocenters. The van der Waals surface area contributed by atoms with Crippen LogP contribution in [-0.4, -0.2) is 26.8 Å². The van der Waals surface area contributed by atoms with E-state index in [0.717, 1.165) is 18.5 Å². The average molecular weight is 279 g/mol. The number of ether oxygens (including phenoxy) is 1. The Balaban J connectivity index is 1.96. The van der Waals surface area contributed by atoms with Crippen LogP contribution in [-0.2, 0) is 20.2 Å². The van der Waals surface area contributed by atoms with Crippen molar-refractivity contribution in [1.29, 1.82) is 0 Å². The summed E-state index contributed by atoms with van der Waals surface area (Å²) in [6, 6.07) is 4.65. The van der Waals surface area contributed by atoms with Crippen LogP contribution in [0.15, 0.2) is 18.2 Å². The van der Waals surface area contributed by atoms with Crippen LogP contribution in [0.2, 0.25) is 0 Å². The second-order valence-corrected chi connectivity index (χ2v) is 4.46. The van der Waals surface area contributed by atoms with E-state index in [1.54, 1.807) is 7.05 Å². The first kappa shape index (κ1) is 14.4. The van der Waals surface area contributed by atoms with Crippen molar-refractivity contribution in [2.24, 2.45) is 7.05 Å². The van der Waals surface area contributed by atoms with Crippen molar-refractivity contribution in [3.63, 3.8) is 0 Å². The number of tetrazole rings is 1.